The lowest BCUT2D eigenvalue weighted by Crippen LogP contribution is -2.21. The lowest BCUT2D eigenvalue weighted by molar-refractivity contribution is -0.137. The quantitative estimate of drug-likeness (QED) is 0.785. The van der Waals surface area contributed by atoms with Gasteiger partial charge < -0.3 is 14.8 Å². The zero-order chi connectivity index (χ0) is 20.9. The summed E-state index contributed by atoms with van der Waals surface area (Å²) in [5.74, 6) is 0.0922. The van der Waals surface area contributed by atoms with Crippen molar-refractivity contribution in [1.29, 1.82) is 5.26 Å². The maximum atomic E-state index is 12.7. The van der Waals surface area contributed by atoms with Gasteiger partial charge in [0.05, 0.1) is 22.6 Å². The van der Waals surface area contributed by atoms with Crippen LogP contribution in [0.3, 0.4) is 0 Å². The summed E-state index contributed by atoms with van der Waals surface area (Å²) >= 11 is 5.86. The fraction of sp³-hybridized carbons (Fsp3) is 0.294. The highest BCUT2D eigenvalue weighted by Crippen LogP contribution is 2.32. The Balaban J connectivity index is 2.19. The summed E-state index contributed by atoms with van der Waals surface area (Å²) in [5, 5.41) is 11.9. The normalized spacial score (nSPS) is 11.5. The highest BCUT2D eigenvalue weighted by atomic mass is 35.5. The van der Waals surface area contributed by atoms with Crippen molar-refractivity contribution >= 4 is 23.5 Å². The number of halogens is 4. The highest BCUT2D eigenvalue weighted by molar-refractivity contribution is 6.32. The van der Waals surface area contributed by atoms with Crippen molar-refractivity contribution in [1.82, 2.24) is 19.4 Å². The zero-order valence-electron chi connectivity index (χ0n) is 15.0. The van der Waals surface area contributed by atoms with Crippen LogP contribution in [0.2, 0.25) is 5.02 Å². The minimum absolute atomic E-state index is 0.0922. The first kappa shape index (κ1) is 21.2. The molecule has 0 aliphatic rings. The van der Waals surface area contributed by atoms with Crippen molar-refractivity contribution in [3.05, 3.63) is 57.0 Å². The van der Waals surface area contributed by atoms with Crippen LogP contribution in [0.4, 0.5) is 19.0 Å². The molecule has 0 aliphatic heterocycles. The van der Waals surface area contributed by atoms with E-state index in [0.717, 1.165) is 6.07 Å². The summed E-state index contributed by atoms with van der Waals surface area (Å²) < 4.78 is 39.6. The average molecular weight is 413 g/mol. The van der Waals surface area contributed by atoms with Gasteiger partial charge in [0.1, 0.15) is 17.5 Å². The Morgan fingerprint density at radius 2 is 2.11 bits per heavy atom. The van der Waals surface area contributed by atoms with Gasteiger partial charge in [-0.3, -0.25) is 4.79 Å². The first-order valence-electron chi connectivity index (χ1n) is 7.94. The first-order chi connectivity index (χ1) is 13.1. The Hall–Kier alpha value is -3.06. The van der Waals surface area contributed by atoms with Crippen LogP contribution >= 0.6 is 11.6 Å². The number of hydrogen-bond acceptors (Lipinski definition) is 6. The molecule has 0 saturated heterocycles. The van der Waals surface area contributed by atoms with Crippen LogP contribution in [-0.4, -0.2) is 40.1 Å². The lowest BCUT2D eigenvalue weighted by atomic mass is 10.2. The average Bonchev–Trinajstić information content (AvgIpc) is 2.61. The number of nitrogens with zero attached hydrogens (tertiary/aromatic N) is 5. The maximum absolute atomic E-state index is 12.7. The predicted octanol–water partition coefficient (Wildman–Crippen LogP) is 2.83. The van der Waals surface area contributed by atoms with E-state index >= 15 is 0 Å². The van der Waals surface area contributed by atoms with Crippen LogP contribution in [0, 0.1) is 11.3 Å². The monoisotopic (exact) mass is 412 g/mol. The Bertz CT molecular complexity index is 978. The van der Waals surface area contributed by atoms with Gasteiger partial charge in [-0.05, 0) is 12.1 Å². The first-order valence-corrected chi connectivity index (χ1v) is 8.32. The highest BCUT2D eigenvalue weighted by Gasteiger charge is 2.31. The molecule has 0 radical (unpaired) electrons. The number of aromatic nitrogens is 3. The van der Waals surface area contributed by atoms with E-state index in [1.807, 2.05) is 6.07 Å². The lowest BCUT2D eigenvalue weighted by Gasteiger charge is -2.14. The molecule has 0 amide bonds. The summed E-state index contributed by atoms with van der Waals surface area (Å²) in [6, 6.07) is 2.63. The number of nitrogens with one attached hydrogen (secondary N) is 1. The fourth-order valence-electron chi connectivity index (χ4n) is 2.20. The van der Waals surface area contributed by atoms with E-state index in [2.05, 4.69) is 15.3 Å². The minimum atomic E-state index is -4.53. The molecule has 0 spiro atoms. The maximum Gasteiger partial charge on any atom is 0.417 e. The van der Waals surface area contributed by atoms with Crippen LogP contribution in [0.5, 0.6) is 0 Å². The van der Waals surface area contributed by atoms with Crippen molar-refractivity contribution in [2.24, 2.45) is 0 Å². The molecule has 0 fully saturated rings. The third-order valence-electron chi connectivity index (χ3n) is 3.55. The van der Waals surface area contributed by atoms with E-state index in [0.29, 0.717) is 11.9 Å². The summed E-state index contributed by atoms with van der Waals surface area (Å²) in [6.45, 7) is 0.477. The molecular weight excluding hydrogens is 397 g/mol. The summed E-state index contributed by atoms with van der Waals surface area (Å²) in [6.07, 6.45) is 0.729. The molecule has 2 heterocycles. The topological polar surface area (TPSA) is 86.8 Å². The molecule has 2 aromatic rings. The standard InChI is InChI=1S/C17H16ClF3N6O/c1-26(2)5-3-14-12(8-22)16(28)25-10-27(14)6-4-23-15-13(18)7-11(9-24-15)17(19,20)21/h3,5,7,9-10H,4,6H2,1-2H3,(H,23,24). The Morgan fingerprint density at radius 1 is 1.39 bits per heavy atom. The molecule has 2 rings (SSSR count). The second-order valence-electron chi connectivity index (χ2n) is 5.87. The minimum Gasteiger partial charge on any atom is -0.383 e. The van der Waals surface area contributed by atoms with Crippen LogP contribution < -0.4 is 10.9 Å². The summed E-state index contributed by atoms with van der Waals surface area (Å²) in [7, 11) is 3.57. The van der Waals surface area contributed by atoms with Gasteiger partial charge in [-0.25, -0.2) is 4.98 Å². The van der Waals surface area contributed by atoms with Gasteiger partial charge in [0.2, 0.25) is 0 Å². The van der Waals surface area contributed by atoms with E-state index in [4.69, 9.17) is 11.6 Å². The third kappa shape index (κ3) is 5.23. The number of pyridine rings is 1. The molecule has 0 saturated carbocycles. The van der Waals surface area contributed by atoms with Gasteiger partial charge in [0, 0.05) is 39.6 Å². The van der Waals surface area contributed by atoms with Gasteiger partial charge in [-0.1, -0.05) is 11.6 Å². The zero-order valence-corrected chi connectivity index (χ0v) is 15.7. The molecule has 148 valence electrons. The molecular formula is C17H16ClF3N6O. The third-order valence-corrected chi connectivity index (χ3v) is 3.84. The van der Waals surface area contributed by atoms with E-state index in [1.54, 1.807) is 35.8 Å². The van der Waals surface area contributed by atoms with E-state index in [-0.39, 0.29) is 29.5 Å². The second kappa shape index (κ2) is 8.75. The van der Waals surface area contributed by atoms with E-state index in [1.165, 1.54) is 6.33 Å². The van der Waals surface area contributed by atoms with Gasteiger partial charge in [0.15, 0.2) is 0 Å². The summed E-state index contributed by atoms with van der Waals surface area (Å²) in [5.41, 5.74) is -1.32. The molecule has 1 N–H and O–H groups in total. The number of alkyl halides is 3. The molecule has 2 aromatic heterocycles. The van der Waals surface area contributed by atoms with Gasteiger partial charge >= 0.3 is 6.18 Å². The number of nitriles is 1. The van der Waals surface area contributed by atoms with Crippen molar-refractivity contribution in [3.8, 4) is 6.07 Å². The van der Waals surface area contributed by atoms with Crippen LogP contribution in [-0.2, 0) is 12.7 Å². The Morgan fingerprint density at radius 3 is 2.68 bits per heavy atom. The SMILES string of the molecule is CN(C)C=Cc1c(C#N)c(=O)ncn1CCNc1ncc(C(F)(F)F)cc1Cl. The Kier molecular flexibility index (Phi) is 6.64. The summed E-state index contributed by atoms with van der Waals surface area (Å²) in [4.78, 5) is 20.9. The van der Waals surface area contributed by atoms with Crippen LogP contribution in [0.25, 0.3) is 6.08 Å². The van der Waals surface area contributed by atoms with Crippen molar-refractivity contribution in [3.63, 3.8) is 0 Å². The molecule has 0 bridgehead atoms. The smallest absolute Gasteiger partial charge is 0.383 e. The number of hydrogen-bond donors (Lipinski definition) is 1. The van der Waals surface area contributed by atoms with Gasteiger partial charge in [-0.2, -0.15) is 23.4 Å². The van der Waals surface area contributed by atoms with Crippen LogP contribution in [0.15, 0.2) is 29.6 Å². The molecule has 0 unspecified atom stereocenters. The van der Waals surface area contributed by atoms with Gasteiger partial charge in [-0.15, -0.1) is 0 Å². The number of anilines is 1. The molecule has 7 nitrogen and oxygen atoms in total. The predicted molar refractivity (Wildman–Crippen MR) is 98.7 cm³/mol. The molecule has 0 atom stereocenters. The Labute approximate surface area is 163 Å². The van der Waals surface area contributed by atoms with Crippen molar-refractivity contribution in [2.45, 2.75) is 12.7 Å². The fourth-order valence-corrected chi connectivity index (χ4v) is 2.44. The van der Waals surface area contributed by atoms with Crippen molar-refractivity contribution < 1.29 is 13.2 Å². The van der Waals surface area contributed by atoms with Gasteiger partial charge in [0.25, 0.3) is 5.56 Å². The molecule has 11 heteroatoms. The van der Waals surface area contributed by atoms with Crippen LogP contribution in [0.1, 0.15) is 16.8 Å². The second-order valence-corrected chi connectivity index (χ2v) is 6.28. The van der Waals surface area contributed by atoms with E-state index < -0.39 is 17.3 Å². The molecule has 0 aromatic carbocycles. The largest absolute Gasteiger partial charge is 0.417 e. The molecule has 28 heavy (non-hydrogen) atoms. The number of rotatable bonds is 6. The van der Waals surface area contributed by atoms with Crippen molar-refractivity contribution in [2.75, 3.05) is 26.0 Å². The van der Waals surface area contributed by atoms with E-state index in [9.17, 15) is 23.2 Å². The molecule has 0 aliphatic carbocycles.